The molecule has 1 heterocycles. The molecule has 1 unspecified atom stereocenters. The monoisotopic (exact) mass is 440 g/mol. The van der Waals surface area contributed by atoms with Crippen LogP contribution in [0.15, 0.2) is 15.7 Å². The molecule has 0 aliphatic heterocycles. The van der Waals surface area contributed by atoms with Crippen molar-refractivity contribution in [3.8, 4) is 0 Å². The van der Waals surface area contributed by atoms with Gasteiger partial charge >= 0.3 is 0 Å². The minimum Gasteiger partial charge on any atom is -0.386 e. The van der Waals surface area contributed by atoms with Gasteiger partial charge in [0.2, 0.25) is 0 Å². The summed E-state index contributed by atoms with van der Waals surface area (Å²) in [7, 11) is -3.98. The lowest BCUT2D eigenvalue weighted by molar-refractivity contribution is 0.0789. The average Bonchev–Trinajstić information content (AvgIpc) is 3.37. The lowest BCUT2D eigenvalue weighted by atomic mass is 9.98. The molecule has 1 atom stereocenters. The van der Waals surface area contributed by atoms with E-state index < -0.39 is 22.0 Å². The molecule has 2 aromatic rings. The van der Waals surface area contributed by atoms with Crippen LogP contribution in [0.3, 0.4) is 0 Å². The Morgan fingerprint density at radius 1 is 1.10 bits per heavy atom. The van der Waals surface area contributed by atoms with Crippen LogP contribution in [-0.2, 0) is 41.3 Å². The third-order valence-corrected chi connectivity index (χ3v) is 8.51. The molecule has 4 N–H and O–H groups in total. The number of fused-ring (bicyclic) bond motifs is 2. The van der Waals surface area contributed by atoms with Gasteiger partial charge in [-0.3, -0.25) is 0 Å². The minimum absolute atomic E-state index is 0.00467. The molecule has 4 rings (SSSR count). The largest absolute Gasteiger partial charge is 0.386 e. The minimum atomic E-state index is -3.98. The van der Waals surface area contributed by atoms with E-state index in [1.807, 2.05) is 0 Å². The van der Waals surface area contributed by atoms with Gasteiger partial charge in [-0.15, -0.1) is 11.3 Å². The molecular formula is C20H25FN2O4S2. The van der Waals surface area contributed by atoms with E-state index >= 15 is 0 Å². The quantitative estimate of drug-likeness (QED) is 0.518. The third kappa shape index (κ3) is 3.82. The van der Waals surface area contributed by atoms with Gasteiger partial charge in [-0.05, 0) is 91.6 Å². The second kappa shape index (κ2) is 7.31. The van der Waals surface area contributed by atoms with Crippen molar-refractivity contribution < 1.29 is 23.0 Å². The number of thiophene rings is 1. The smallest absolute Gasteiger partial charge is 0.253 e. The molecule has 0 fully saturated rings. The molecule has 2 aliphatic rings. The van der Waals surface area contributed by atoms with Gasteiger partial charge < -0.3 is 15.5 Å². The van der Waals surface area contributed by atoms with Crippen molar-refractivity contribution in [3.63, 3.8) is 0 Å². The fourth-order valence-corrected chi connectivity index (χ4v) is 6.55. The van der Waals surface area contributed by atoms with Crippen LogP contribution in [0, 0.1) is 5.82 Å². The van der Waals surface area contributed by atoms with Gasteiger partial charge in [-0.25, -0.2) is 12.8 Å². The van der Waals surface area contributed by atoms with E-state index in [4.69, 9.17) is 0 Å². The van der Waals surface area contributed by atoms with E-state index in [2.05, 4.69) is 10.0 Å². The normalized spacial score (nSPS) is 17.3. The van der Waals surface area contributed by atoms with Gasteiger partial charge in [0.15, 0.2) is 6.35 Å². The number of hydrogen-bond acceptors (Lipinski definition) is 6. The number of anilines is 1. The molecule has 0 saturated carbocycles. The average molecular weight is 441 g/mol. The topological polar surface area (TPSA) is 98.7 Å². The van der Waals surface area contributed by atoms with Crippen LogP contribution in [0.5, 0.6) is 0 Å². The zero-order valence-corrected chi connectivity index (χ0v) is 18.0. The number of aliphatic hydroxyl groups excluding tert-OH is 1. The van der Waals surface area contributed by atoms with Crippen LogP contribution >= 0.6 is 11.3 Å². The number of rotatable bonds is 6. The van der Waals surface area contributed by atoms with E-state index in [0.717, 1.165) is 35.3 Å². The summed E-state index contributed by atoms with van der Waals surface area (Å²) in [5, 5.41) is 25.0. The van der Waals surface area contributed by atoms with Crippen LogP contribution in [0.2, 0.25) is 0 Å². The highest BCUT2D eigenvalue weighted by atomic mass is 32.2. The van der Waals surface area contributed by atoms with Gasteiger partial charge in [0.05, 0.1) is 5.60 Å². The SMILES string of the molecule is CC(C)(O)c1csc(S(=O)(=O)NC(O)Nc2c3c(c(F)c4c2CCC4)CCC3)c1. The summed E-state index contributed by atoms with van der Waals surface area (Å²) < 4.78 is 42.3. The number of nitrogens with one attached hydrogen (secondary N) is 2. The molecule has 1 aromatic carbocycles. The van der Waals surface area contributed by atoms with Crippen molar-refractivity contribution in [1.82, 2.24) is 4.72 Å². The molecule has 9 heteroatoms. The lowest BCUT2D eigenvalue weighted by Gasteiger charge is -2.21. The third-order valence-electron chi connectivity index (χ3n) is 5.66. The first-order chi connectivity index (χ1) is 13.6. The summed E-state index contributed by atoms with van der Waals surface area (Å²) in [5.41, 5.74) is 3.08. The molecule has 0 saturated heterocycles. The standard InChI is InChI=1S/C20H25FN2O4S2/c1-20(2,25)11-9-16(28-10-11)29(26,27)23-19(24)22-18-14-7-3-5-12(14)17(21)13-6-4-8-15(13)18/h9-10,19,22-25H,3-8H2,1-2H3. The van der Waals surface area contributed by atoms with E-state index in [-0.39, 0.29) is 10.0 Å². The van der Waals surface area contributed by atoms with Crippen molar-refractivity contribution in [2.75, 3.05) is 5.32 Å². The molecule has 29 heavy (non-hydrogen) atoms. The van der Waals surface area contributed by atoms with Gasteiger partial charge in [0.1, 0.15) is 10.0 Å². The number of aliphatic hydroxyl groups is 2. The highest BCUT2D eigenvalue weighted by Crippen LogP contribution is 2.41. The molecule has 0 spiro atoms. The fraction of sp³-hybridized carbons (Fsp3) is 0.500. The maximum Gasteiger partial charge on any atom is 0.253 e. The lowest BCUT2D eigenvalue weighted by Crippen LogP contribution is -2.40. The van der Waals surface area contributed by atoms with Crippen molar-refractivity contribution >= 4 is 27.0 Å². The van der Waals surface area contributed by atoms with Crippen molar-refractivity contribution in [2.24, 2.45) is 0 Å². The molecule has 1 aromatic heterocycles. The van der Waals surface area contributed by atoms with Crippen molar-refractivity contribution in [2.45, 2.75) is 68.5 Å². The number of sulfonamides is 1. The molecule has 0 bridgehead atoms. The Morgan fingerprint density at radius 3 is 2.17 bits per heavy atom. The summed E-state index contributed by atoms with van der Waals surface area (Å²) in [4.78, 5) is 0. The van der Waals surface area contributed by atoms with Crippen LogP contribution in [0.25, 0.3) is 0 Å². The maximum absolute atomic E-state index is 14.8. The van der Waals surface area contributed by atoms with Crippen molar-refractivity contribution in [1.29, 1.82) is 0 Å². The molecular weight excluding hydrogens is 415 g/mol. The Hall–Kier alpha value is -1.52. The summed E-state index contributed by atoms with van der Waals surface area (Å²) in [6, 6.07) is 1.40. The second-order valence-electron chi connectivity index (χ2n) is 8.19. The zero-order valence-electron chi connectivity index (χ0n) is 16.4. The first kappa shape index (κ1) is 20.7. The van der Waals surface area contributed by atoms with E-state index in [1.54, 1.807) is 19.2 Å². The van der Waals surface area contributed by atoms with Gasteiger partial charge in [0.25, 0.3) is 10.0 Å². The molecule has 6 nitrogen and oxygen atoms in total. The Morgan fingerprint density at radius 2 is 1.66 bits per heavy atom. The van der Waals surface area contributed by atoms with E-state index in [0.29, 0.717) is 48.1 Å². The number of halogens is 1. The Labute approximate surface area is 173 Å². The molecule has 2 aliphatic carbocycles. The van der Waals surface area contributed by atoms with E-state index in [9.17, 15) is 23.0 Å². The van der Waals surface area contributed by atoms with E-state index in [1.165, 1.54) is 6.07 Å². The number of benzene rings is 1. The first-order valence-corrected chi connectivity index (χ1v) is 12.1. The predicted molar refractivity (Wildman–Crippen MR) is 110 cm³/mol. The van der Waals surface area contributed by atoms with Gasteiger partial charge in [0, 0.05) is 5.69 Å². The highest BCUT2D eigenvalue weighted by molar-refractivity contribution is 7.91. The Bertz CT molecular complexity index is 1020. The van der Waals surface area contributed by atoms with Gasteiger partial charge in [-0.2, -0.15) is 4.72 Å². The summed E-state index contributed by atoms with van der Waals surface area (Å²) in [6.07, 6.45) is 2.90. The predicted octanol–water partition coefficient (Wildman–Crippen LogP) is 2.76. The molecule has 158 valence electrons. The first-order valence-electron chi connectivity index (χ1n) is 9.71. The Kier molecular flexibility index (Phi) is 5.23. The fourth-order valence-electron chi connectivity index (χ4n) is 4.21. The van der Waals surface area contributed by atoms with Gasteiger partial charge in [-0.1, -0.05) is 0 Å². The second-order valence-corrected chi connectivity index (χ2v) is 11.0. The van der Waals surface area contributed by atoms with Crippen LogP contribution < -0.4 is 10.0 Å². The number of hydrogen-bond donors (Lipinski definition) is 4. The summed E-state index contributed by atoms with van der Waals surface area (Å²) in [6.45, 7) is 3.15. The highest BCUT2D eigenvalue weighted by Gasteiger charge is 2.31. The van der Waals surface area contributed by atoms with Crippen LogP contribution in [0.1, 0.15) is 54.5 Å². The molecule has 0 radical (unpaired) electrons. The maximum atomic E-state index is 14.8. The zero-order chi connectivity index (χ0) is 21.0. The summed E-state index contributed by atoms with van der Waals surface area (Å²) >= 11 is 0.975. The van der Waals surface area contributed by atoms with Crippen molar-refractivity contribution in [3.05, 3.63) is 45.1 Å². The Balaban J connectivity index is 1.58. The van der Waals surface area contributed by atoms with Crippen LogP contribution in [-0.4, -0.2) is 25.0 Å². The van der Waals surface area contributed by atoms with Crippen LogP contribution in [0.4, 0.5) is 10.1 Å². The molecule has 0 amide bonds. The summed E-state index contributed by atoms with van der Waals surface area (Å²) in [5.74, 6) is -0.122.